The van der Waals surface area contributed by atoms with Gasteiger partial charge in [-0.3, -0.25) is 29.3 Å². The number of nitrogens with one attached hydrogen (secondary N) is 1. The number of imide groups is 2. The van der Waals surface area contributed by atoms with Gasteiger partial charge in [0.15, 0.2) is 12.2 Å². The predicted molar refractivity (Wildman–Crippen MR) is 81.4 cm³/mol. The normalized spacial score (nSPS) is 29.5. The summed E-state index contributed by atoms with van der Waals surface area (Å²) in [5.74, 6) is -4.36. The molecule has 12 heteroatoms. The molecular formula is C15H18N2O10. The Balaban J connectivity index is 2.56. The highest BCUT2D eigenvalue weighted by Gasteiger charge is 2.72. The number of carbonyl (C=O) groups is 6. The number of amides is 4. The van der Waals surface area contributed by atoms with E-state index in [1.54, 1.807) is 0 Å². The first-order chi connectivity index (χ1) is 12.5. The van der Waals surface area contributed by atoms with Gasteiger partial charge in [-0.15, -0.1) is 0 Å². The van der Waals surface area contributed by atoms with E-state index in [1.807, 2.05) is 5.32 Å². The summed E-state index contributed by atoms with van der Waals surface area (Å²) in [5, 5.41) is 1.91. The van der Waals surface area contributed by atoms with Crippen molar-refractivity contribution in [1.29, 1.82) is 0 Å². The number of hydrogen-bond acceptors (Lipinski definition) is 10. The fourth-order valence-corrected chi connectivity index (χ4v) is 3.00. The van der Waals surface area contributed by atoms with E-state index < -0.39 is 66.4 Å². The molecule has 2 fully saturated rings. The fraction of sp³-hybridized carbons (Fsp3) is 0.600. The zero-order chi connectivity index (χ0) is 20.5. The molecule has 1 spiro atoms. The van der Waals surface area contributed by atoms with Crippen molar-refractivity contribution in [2.75, 3.05) is 6.61 Å². The lowest BCUT2D eigenvalue weighted by atomic mass is 10.0. The van der Waals surface area contributed by atoms with Gasteiger partial charge in [0.2, 0.25) is 5.91 Å². The molecular weight excluding hydrogens is 368 g/mol. The Morgan fingerprint density at radius 1 is 1.04 bits per heavy atom. The van der Waals surface area contributed by atoms with E-state index in [9.17, 15) is 28.8 Å². The van der Waals surface area contributed by atoms with E-state index in [4.69, 9.17) is 18.9 Å². The van der Waals surface area contributed by atoms with Gasteiger partial charge in [-0.2, -0.15) is 0 Å². The number of carbonyl (C=O) groups excluding carboxylic acids is 6. The van der Waals surface area contributed by atoms with Gasteiger partial charge in [-0.25, -0.2) is 9.69 Å². The van der Waals surface area contributed by atoms with Crippen LogP contribution >= 0.6 is 0 Å². The first-order valence-corrected chi connectivity index (χ1v) is 7.82. The zero-order valence-electron chi connectivity index (χ0n) is 15.0. The maximum atomic E-state index is 12.5. The van der Waals surface area contributed by atoms with E-state index >= 15 is 0 Å². The van der Waals surface area contributed by atoms with Crippen LogP contribution < -0.4 is 5.32 Å². The Labute approximate surface area is 153 Å². The highest BCUT2D eigenvalue weighted by molar-refractivity contribution is 6.13. The molecule has 148 valence electrons. The van der Waals surface area contributed by atoms with Gasteiger partial charge in [0.25, 0.3) is 11.6 Å². The quantitative estimate of drug-likeness (QED) is 0.347. The number of ether oxygens (including phenoxy) is 4. The summed E-state index contributed by atoms with van der Waals surface area (Å²) in [5.41, 5.74) is -2.40. The third-order valence-corrected chi connectivity index (χ3v) is 3.82. The van der Waals surface area contributed by atoms with Crippen LogP contribution in [0.2, 0.25) is 0 Å². The van der Waals surface area contributed by atoms with E-state index in [1.165, 1.54) is 0 Å². The molecule has 2 aliphatic rings. The second-order valence-electron chi connectivity index (χ2n) is 5.87. The molecule has 0 saturated carbocycles. The van der Waals surface area contributed by atoms with Crippen LogP contribution in [0.25, 0.3) is 0 Å². The Morgan fingerprint density at radius 2 is 1.63 bits per heavy atom. The van der Waals surface area contributed by atoms with Crippen molar-refractivity contribution >= 4 is 35.8 Å². The largest absolute Gasteiger partial charge is 0.463 e. The minimum atomic E-state index is -2.40. The fourth-order valence-electron chi connectivity index (χ4n) is 3.00. The van der Waals surface area contributed by atoms with Gasteiger partial charge < -0.3 is 18.9 Å². The zero-order valence-corrected chi connectivity index (χ0v) is 15.0. The van der Waals surface area contributed by atoms with Crippen LogP contribution in [0, 0.1) is 0 Å². The Hall–Kier alpha value is -3.02. The molecule has 0 bridgehead atoms. The third-order valence-electron chi connectivity index (χ3n) is 3.82. The van der Waals surface area contributed by atoms with Crippen LogP contribution in [0.1, 0.15) is 27.7 Å². The van der Waals surface area contributed by atoms with Crippen molar-refractivity contribution in [3.8, 4) is 0 Å². The van der Waals surface area contributed by atoms with Crippen molar-refractivity contribution < 1.29 is 47.7 Å². The van der Waals surface area contributed by atoms with Gasteiger partial charge in [0.1, 0.15) is 12.7 Å². The number of rotatable bonds is 4. The molecule has 2 heterocycles. The molecule has 0 aromatic heterocycles. The molecule has 12 nitrogen and oxygen atoms in total. The first-order valence-electron chi connectivity index (χ1n) is 7.82. The third kappa shape index (κ3) is 3.60. The first kappa shape index (κ1) is 20.3. The van der Waals surface area contributed by atoms with Crippen molar-refractivity contribution in [2.45, 2.75) is 51.7 Å². The Morgan fingerprint density at radius 3 is 2.11 bits per heavy atom. The smallest absolute Gasteiger partial charge is 0.333 e. The maximum absolute atomic E-state index is 12.5. The van der Waals surface area contributed by atoms with Gasteiger partial charge in [0.05, 0.1) is 0 Å². The van der Waals surface area contributed by atoms with Gasteiger partial charge in [-0.1, -0.05) is 0 Å². The number of nitrogens with zero attached hydrogens (tertiary/aromatic N) is 1. The molecule has 2 saturated heterocycles. The van der Waals surface area contributed by atoms with E-state index in [0.717, 1.165) is 27.7 Å². The summed E-state index contributed by atoms with van der Waals surface area (Å²) in [7, 11) is 0. The topological polar surface area (TPSA) is 155 Å². The van der Waals surface area contributed by atoms with Gasteiger partial charge in [-0.05, 0) is 0 Å². The highest BCUT2D eigenvalue weighted by Crippen LogP contribution is 2.41. The van der Waals surface area contributed by atoms with Crippen LogP contribution in [0.15, 0.2) is 0 Å². The Kier molecular flexibility index (Phi) is 5.49. The summed E-state index contributed by atoms with van der Waals surface area (Å²) >= 11 is 0. The van der Waals surface area contributed by atoms with Crippen LogP contribution in [-0.2, 0) is 42.9 Å². The second kappa shape index (κ2) is 7.31. The summed E-state index contributed by atoms with van der Waals surface area (Å²) in [4.78, 5) is 71.3. The average molecular weight is 386 g/mol. The lowest BCUT2D eigenvalue weighted by molar-refractivity contribution is -0.192. The molecule has 0 unspecified atom stereocenters. The van der Waals surface area contributed by atoms with E-state index in [2.05, 4.69) is 0 Å². The van der Waals surface area contributed by atoms with Crippen LogP contribution in [-0.4, -0.2) is 71.3 Å². The number of hydrogen-bond donors (Lipinski definition) is 1. The van der Waals surface area contributed by atoms with Crippen LogP contribution in [0.3, 0.4) is 0 Å². The summed E-state index contributed by atoms with van der Waals surface area (Å²) in [6.07, 6.45) is -4.39. The van der Waals surface area contributed by atoms with Crippen LogP contribution in [0.4, 0.5) is 4.79 Å². The monoisotopic (exact) mass is 386 g/mol. The lowest BCUT2D eigenvalue weighted by Crippen LogP contribution is -2.61. The van der Waals surface area contributed by atoms with Crippen molar-refractivity contribution in [3.05, 3.63) is 0 Å². The predicted octanol–water partition coefficient (Wildman–Crippen LogP) is -1.39. The molecule has 0 radical (unpaired) electrons. The molecule has 2 rings (SSSR count). The van der Waals surface area contributed by atoms with Crippen molar-refractivity contribution in [2.24, 2.45) is 0 Å². The molecule has 4 atom stereocenters. The summed E-state index contributed by atoms with van der Waals surface area (Å²) < 4.78 is 20.6. The highest BCUT2D eigenvalue weighted by atomic mass is 16.7. The SMILES string of the molecule is CC(=O)OC[C@H]1O[C@]2(C(=O)NC(=O)N2C(C)=O)[C@H](OC(C)=O)[C@H]1OC(C)=O. The molecule has 0 aromatic rings. The lowest BCUT2D eigenvalue weighted by Gasteiger charge is -2.33. The molecule has 0 aliphatic carbocycles. The van der Waals surface area contributed by atoms with Crippen molar-refractivity contribution in [1.82, 2.24) is 10.2 Å². The number of urea groups is 1. The Bertz CT molecular complexity index is 719. The van der Waals surface area contributed by atoms with Crippen LogP contribution in [0.5, 0.6) is 0 Å². The molecule has 27 heavy (non-hydrogen) atoms. The standard InChI is InChI=1S/C15H18N2O10/c1-6(18)17-14(23)16-13(22)15(17)12(26-9(4)21)11(25-8(3)20)10(27-15)5-24-7(2)19/h10-12H,5H2,1-4H3,(H,16,22,23)/t10-,11+,12-,15+/m1/s1. The minimum absolute atomic E-state index is 0.438. The molecule has 1 N–H and O–H groups in total. The van der Waals surface area contributed by atoms with Gasteiger partial charge in [0, 0.05) is 27.7 Å². The molecule has 2 aliphatic heterocycles. The molecule has 4 amide bonds. The van der Waals surface area contributed by atoms with E-state index in [-0.39, 0.29) is 0 Å². The van der Waals surface area contributed by atoms with E-state index in [0.29, 0.717) is 4.90 Å². The average Bonchev–Trinajstić information content (AvgIpc) is 2.93. The number of esters is 3. The van der Waals surface area contributed by atoms with Gasteiger partial charge >= 0.3 is 23.9 Å². The summed E-state index contributed by atoms with van der Waals surface area (Å²) in [6.45, 7) is 3.70. The maximum Gasteiger partial charge on any atom is 0.333 e. The summed E-state index contributed by atoms with van der Waals surface area (Å²) in [6, 6.07) is -1.10. The minimum Gasteiger partial charge on any atom is -0.463 e. The molecule has 0 aromatic carbocycles. The second-order valence-corrected chi connectivity index (χ2v) is 5.87. The van der Waals surface area contributed by atoms with Crippen molar-refractivity contribution in [3.63, 3.8) is 0 Å².